The third-order valence-electron chi connectivity index (χ3n) is 2.46. The van der Waals surface area contributed by atoms with Crippen LogP contribution in [0.5, 0.6) is 0 Å². The van der Waals surface area contributed by atoms with Crippen LogP contribution < -0.4 is 5.73 Å². The van der Waals surface area contributed by atoms with Crippen LogP contribution in [0.2, 0.25) is 5.02 Å². The number of nitrogens with two attached hydrogens (primary N) is 1. The number of hydrogen-bond acceptors (Lipinski definition) is 2. The fourth-order valence-corrected chi connectivity index (χ4v) is 1.96. The minimum atomic E-state index is 0.0936. The topological polar surface area (TPSA) is 39.2 Å². The number of halogens is 1. The Morgan fingerprint density at radius 2 is 2.00 bits per heavy atom. The molecular weight excluding hydrogens is 222 g/mol. The first kappa shape index (κ1) is 11.2. The Bertz CT molecular complexity index is 439. The van der Waals surface area contributed by atoms with Crippen molar-refractivity contribution in [3.63, 3.8) is 0 Å². The predicted octanol–water partition coefficient (Wildman–Crippen LogP) is 3.05. The van der Waals surface area contributed by atoms with Crippen molar-refractivity contribution in [3.8, 4) is 0 Å². The highest BCUT2D eigenvalue weighted by Crippen LogP contribution is 2.13. The summed E-state index contributed by atoms with van der Waals surface area (Å²) in [5, 5.41) is 0.757. The lowest BCUT2D eigenvalue weighted by Crippen LogP contribution is -2.25. The van der Waals surface area contributed by atoms with Gasteiger partial charge in [0.15, 0.2) is 0 Å². The van der Waals surface area contributed by atoms with E-state index >= 15 is 0 Å². The van der Waals surface area contributed by atoms with E-state index in [9.17, 15) is 0 Å². The Kier molecular flexibility index (Phi) is 3.65. The Balaban J connectivity index is 1.94. The summed E-state index contributed by atoms with van der Waals surface area (Å²) < 4.78 is 5.01. The van der Waals surface area contributed by atoms with Crippen molar-refractivity contribution in [2.75, 3.05) is 0 Å². The summed E-state index contributed by atoms with van der Waals surface area (Å²) in [6.45, 7) is 0. The molecule has 0 aliphatic heterocycles. The molecule has 1 aromatic carbocycles. The summed E-state index contributed by atoms with van der Waals surface area (Å²) in [6, 6.07) is 9.85. The third kappa shape index (κ3) is 3.12. The van der Waals surface area contributed by atoms with Gasteiger partial charge >= 0.3 is 0 Å². The molecule has 0 spiro atoms. The van der Waals surface area contributed by atoms with Crippen molar-refractivity contribution in [1.82, 2.24) is 0 Å². The van der Waals surface area contributed by atoms with Gasteiger partial charge in [-0.05, 0) is 42.2 Å². The molecule has 2 aromatic rings. The highest BCUT2D eigenvalue weighted by Gasteiger charge is 2.06. The molecule has 0 amide bonds. The Morgan fingerprint density at radius 3 is 2.69 bits per heavy atom. The minimum absolute atomic E-state index is 0.0936. The summed E-state index contributed by atoms with van der Waals surface area (Å²) >= 11 is 5.92. The normalized spacial score (nSPS) is 12.6. The van der Waals surface area contributed by atoms with Crippen molar-refractivity contribution in [2.45, 2.75) is 18.9 Å². The Morgan fingerprint density at radius 1 is 1.19 bits per heavy atom. The van der Waals surface area contributed by atoms with Gasteiger partial charge in [0.25, 0.3) is 0 Å². The maximum Gasteiger partial charge on any atom is 0.0935 e. The quantitative estimate of drug-likeness (QED) is 0.885. The van der Waals surface area contributed by atoms with E-state index in [2.05, 4.69) is 0 Å². The van der Waals surface area contributed by atoms with Crippen molar-refractivity contribution >= 4 is 11.6 Å². The van der Waals surface area contributed by atoms with Crippen LogP contribution in [0.25, 0.3) is 0 Å². The van der Waals surface area contributed by atoms with E-state index in [4.69, 9.17) is 21.8 Å². The van der Waals surface area contributed by atoms with E-state index in [1.807, 2.05) is 30.3 Å². The molecule has 2 nitrogen and oxygen atoms in total. The molecule has 0 aliphatic rings. The average molecular weight is 236 g/mol. The molecule has 0 saturated heterocycles. The van der Waals surface area contributed by atoms with Gasteiger partial charge in [-0.15, -0.1) is 0 Å². The van der Waals surface area contributed by atoms with Crippen molar-refractivity contribution in [2.24, 2.45) is 5.73 Å². The average Bonchev–Trinajstić information content (AvgIpc) is 2.70. The second-order valence-electron chi connectivity index (χ2n) is 3.93. The van der Waals surface area contributed by atoms with Crippen LogP contribution >= 0.6 is 11.6 Å². The van der Waals surface area contributed by atoms with E-state index in [1.165, 1.54) is 5.56 Å². The Labute approximate surface area is 100 Å². The molecule has 2 N–H and O–H groups in total. The smallest absolute Gasteiger partial charge is 0.0935 e. The van der Waals surface area contributed by atoms with Crippen LogP contribution in [0, 0.1) is 0 Å². The molecule has 0 radical (unpaired) electrons. The molecular formula is C13H14ClNO. The van der Waals surface area contributed by atoms with Gasteiger partial charge in [0.2, 0.25) is 0 Å². The zero-order valence-corrected chi connectivity index (χ0v) is 9.65. The first-order chi connectivity index (χ1) is 7.74. The third-order valence-corrected chi connectivity index (χ3v) is 2.70. The summed E-state index contributed by atoms with van der Waals surface area (Å²) in [5.41, 5.74) is 8.37. The molecule has 1 atom stereocenters. The van der Waals surface area contributed by atoms with Gasteiger partial charge in [0.05, 0.1) is 12.5 Å². The summed E-state index contributed by atoms with van der Waals surface area (Å²) in [5.74, 6) is 0. The van der Waals surface area contributed by atoms with E-state index in [0.29, 0.717) is 0 Å². The first-order valence-corrected chi connectivity index (χ1v) is 5.63. The van der Waals surface area contributed by atoms with E-state index in [0.717, 1.165) is 23.4 Å². The molecule has 0 aliphatic carbocycles. The van der Waals surface area contributed by atoms with Crippen LogP contribution in [0.1, 0.15) is 11.1 Å². The second-order valence-corrected chi connectivity index (χ2v) is 4.37. The molecule has 1 aromatic heterocycles. The lowest BCUT2D eigenvalue weighted by atomic mass is 10.0. The predicted molar refractivity (Wildman–Crippen MR) is 65.5 cm³/mol. The van der Waals surface area contributed by atoms with Crippen LogP contribution in [0.3, 0.4) is 0 Å². The van der Waals surface area contributed by atoms with Gasteiger partial charge in [-0.1, -0.05) is 23.7 Å². The SMILES string of the molecule is NC(Cc1ccoc1)Cc1cccc(Cl)c1. The van der Waals surface area contributed by atoms with E-state index in [-0.39, 0.29) is 6.04 Å². The highest BCUT2D eigenvalue weighted by atomic mass is 35.5. The molecule has 0 saturated carbocycles. The van der Waals surface area contributed by atoms with Gasteiger partial charge in [0.1, 0.15) is 0 Å². The maximum atomic E-state index is 6.06. The fraction of sp³-hybridized carbons (Fsp3) is 0.231. The van der Waals surface area contributed by atoms with Crippen LogP contribution in [0.4, 0.5) is 0 Å². The largest absolute Gasteiger partial charge is 0.472 e. The summed E-state index contributed by atoms with van der Waals surface area (Å²) in [4.78, 5) is 0. The fourth-order valence-electron chi connectivity index (χ4n) is 1.75. The molecule has 16 heavy (non-hydrogen) atoms. The van der Waals surface area contributed by atoms with Gasteiger partial charge in [-0.25, -0.2) is 0 Å². The van der Waals surface area contributed by atoms with Crippen molar-refractivity contribution in [1.29, 1.82) is 0 Å². The molecule has 84 valence electrons. The number of benzene rings is 1. The summed E-state index contributed by atoms with van der Waals surface area (Å²) in [7, 11) is 0. The molecule has 1 unspecified atom stereocenters. The highest BCUT2D eigenvalue weighted by molar-refractivity contribution is 6.30. The van der Waals surface area contributed by atoms with Crippen LogP contribution in [0.15, 0.2) is 47.3 Å². The van der Waals surface area contributed by atoms with Gasteiger partial charge in [0, 0.05) is 11.1 Å². The zero-order valence-electron chi connectivity index (χ0n) is 8.90. The van der Waals surface area contributed by atoms with Crippen molar-refractivity contribution in [3.05, 3.63) is 59.0 Å². The zero-order chi connectivity index (χ0) is 11.4. The van der Waals surface area contributed by atoms with Gasteiger partial charge in [-0.3, -0.25) is 0 Å². The van der Waals surface area contributed by atoms with E-state index in [1.54, 1.807) is 12.5 Å². The van der Waals surface area contributed by atoms with Gasteiger partial charge in [-0.2, -0.15) is 0 Å². The lowest BCUT2D eigenvalue weighted by Gasteiger charge is -2.10. The van der Waals surface area contributed by atoms with Gasteiger partial charge < -0.3 is 10.2 Å². The Hall–Kier alpha value is -1.25. The standard InChI is InChI=1S/C13H14ClNO/c14-12-3-1-2-10(6-12)7-13(15)8-11-4-5-16-9-11/h1-6,9,13H,7-8,15H2. The van der Waals surface area contributed by atoms with E-state index < -0.39 is 0 Å². The molecule has 2 rings (SSSR count). The summed E-state index contributed by atoms with van der Waals surface area (Å²) in [6.07, 6.45) is 5.05. The molecule has 0 fully saturated rings. The molecule has 1 heterocycles. The second kappa shape index (κ2) is 5.19. The monoisotopic (exact) mass is 235 g/mol. The van der Waals surface area contributed by atoms with Crippen LogP contribution in [-0.2, 0) is 12.8 Å². The number of hydrogen-bond donors (Lipinski definition) is 1. The first-order valence-electron chi connectivity index (χ1n) is 5.25. The molecule has 3 heteroatoms. The maximum absolute atomic E-state index is 6.06. The molecule has 0 bridgehead atoms. The van der Waals surface area contributed by atoms with Crippen molar-refractivity contribution < 1.29 is 4.42 Å². The minimum Gasteiger partial charge on any atom is -0.472 e. The number of rotatable bonds is 4. The lowest BCUT2D eigenvalue weighted by molar-refractivity contribution is 0.559. The number of furan rings is 1. The van der Waals surface area contributed by atoms with Crippen LogP contribution in [-0.4, -0.2) is 6.04 Å².